The first-order valence-electron chi connectivity index (χ1n) is 11.2. The van der Waals surface area contributed by atoms with Crippen molar-refractivity contribution >= 4 is 23.5 Å². The highest BCUT2D eigenvalue weighted by molar-refractivity contribution is 7.98. The van der Waals surface area contributed by atoms with E-state index in [0.717, 1.165) is 59.5 Å². The van der Waals surface area contributed by atoms with E-state index in [2.05, 4.69) is 41.0 Å². The van der Waals surface area contributed by atoms with Crippen molar-refractivity contribution in [1.29, 1.82) is 0 Å². The number of rotatable bonds is 7. The van der Waals surface area contributed by atoms with Crippen molar-refractivity contribution in [3.63, 3.8) is 0 Å². The lowest BCUT2D eigenvalue weighted by Crippen LogP contribution is -2.45. The molecule has 1 N–H and O–H groups in total. The molecule has 4 rings (SSSR count). The molecule has 0 saturated carbocycles. The fraction of sp³-hybridized carbons (Fsp3) is 0.360. The third-order valence-corrected chi connectivity index (χ3v) is 6.82. The largest absolute Gasteiger partial charge is 0.354 e. The van der Waals surface area contributed by atoms with Gasteiger partial charge < -0.3 is 15.1 Å². The van der Waals surface area contributed by atoms with E-state index < -0.39 is 0 Å². The van der Waals surface area contributed by atoms with E-state index in [-0.39, 0.29) is 5.91 Å². The van der Waals surface area contributed by atoms with Crippen molar-refractivity contribution in [3.05, 3.63) is 76.7 Å². The van der Waals surface area contributed by atoms with E-state index in [4.69, 9.17) is 9.97 Å². The van der Waals surface area contributed by atoms with Gasteiger partial charge in [0, 0.05) is 67.7 Å². The Bertz CT molecular complexity index is 1100. The number of carbonyl (C=O) groups excluding carboxylic acids is 1. The number of nitrogens with zero attached hydrogens (tertiary/aromatic N) is 5. The van der Waals surface area contributed by atoms with Crippen molar-refractivity contribution in [3.8, 4) is 0 Å². The van der Waals surface area contributed by atoms with Gasteiger partial charge in [0.15, 0.2) is 5.16 Å². The number of hydrogen-bond donors (Lipinski definition) is 1. The summed E-state index contributed by atoms with van der Waals surface area (Å²) in [4.78, 5) is 30.9. The summed E-state index contributed by atoms with van der Waals surface area (Å²) in [5, 5.41) is 3.75. The third-order valence-electron chi connectivity index (χ3n) is 5.91. The van der Waals surface area contributed by atoms with Crippen LogP contribution < -0.4 is 10.2 Å². The van der Waals surface area contributed by atoms with Crippen LogP contribution in [0.1, 0.15) is 32.7 Å². The van der Waals surface area contributed by atoms with Gasteiger partial charge in [-0.15, -0.1) is 0 Å². The molecule has 2 aromatic heterocycles. The van der Waals surface area contributed by atoms with E-state index in [0.29, 0.717) is 17.9 Å². The maximum atomic E-state index is 12.6. The topological polar surface area (TPSA) is 74.2 Å². The van der Waals surface area contributed by atoms with Crippen LogP contribution in [0.5, 0.6) is 0 Å². The first-order chi connectivity index (χ1) is 16.0. The smallest absolute Gasteiger partial charge is 0.251 e. The average molecular weight is 463 g/mol. The van der Waals surface area contributed by atoms with Crippen LogP contribution in [0.2, 0.25) is 0 Å². The third kappa shape index (κ3) is 6.09. The molecule has 1 saturated heterocycles. The summed E-state index contributed by atoms with van der Waals surface area (Å²) in [5.74, 6) is 1.66. The van der Waals surface area contributed by atoms with Crippen LogP contribution in [-0.4, -0.2) is 59.0 Å². The molecule has 8 heteroatoms. The number of thioether (sulfide) groups is 1. The fourth-order valence-corrected chi connectivity index (χ4v) is 4.54. The second-order valence-corrected chi connectivity index (χ2v) is 9.30. The van der Waals surface area contributed by atoms with Gasteiger partial charge in [0.25, 0.3) is 5.91 Å². The molecule has 0 bridgehead atoms. The van der Waals surface area contributed by atoms with Crippen molar-refractivity contribution in [2.75, 3.05) is 38.1 Å². The molecule has 33 heavy (non-hydrogen) atoms. The second kappa shape index (κ2) is 10.8. The lowest BCUT2D eigenvalue weighted by Gasteiger charge is -2.34. The van der Waals surface area contributed by atoms with Crippen molar-refractivity contribution < 1.29 is 4.79 Å². The van der Waals surface area contributed by atoms with E-state index in [9.17, 15) is 4.79 Å². The standard InChI is InChI=1S/C25H30N6OS/c1-18-19(2)28-25(29-23(18)31-13-11-30(3)12-14-31)33-17-21-5-4-6-22(15-21)24(32)27-16-20-7-9-26-10-8-20/h4-10,15H,11-14,16-17H2,1-3H3,(H,27,32). The summed E-state index contributed by atoms with van der Waals surface area (Å²) in [5.41, 5.74) is 4.91. The SMILES string of the molecule is Cc1nc(SCc2cccc(C(=O)NCc3ccncc3)c2)nc(N2CCN(C)CC2)c1C. The van der Waals surface area contributed by atoms with Crippen molar-refractivity contribution in [2.45, 2.75) is 31.3 Å². The van der Waals surface area contributed by atoms with Crippen LogP contribution in [0, 0.1) is 13.8 Å². The minimum Gasteiger partial charge on any atom is -0.354 e. The van der Waals surface area contributed by atoms with Gasteiger partial charge in [0.2, 0.25) is 0 Å². The molecule has 0 spiro atoms. The van der Waals surface area contributed by atoms with Crippen molar-refractivity contribution in [2.24, 2.45) is 0 Å². The number of aryl methyl sites for hydroxylation is 1. The average Bonchev–Trinajstić information content (AvgIpc) is 2.84. The molecule has 3 aromatic rings. The van der Waals surface area contributed by atoms with Gasteiger partial charge in [0.1, 0.15) is 5.82 Å². The first kappa shape index (κ1) is 23.2. The number of amides is 1. The molecule has 1 aliphatic heterocycles. The molecule has 1 fully saturated rings. The Morgan fingerprint density at radius 2 is 1.79 bits per heavy atom. The van der Waals surface area contributed by atoms with Crippen LogP contribution in [0.4, 0.5) is 5.82 Å². The van der Waals surface area contributed by atoms with Crippen LogP contribution >= 0.6 is 11.8 Å². The minimum absolute atomic E-state index is 0.0848. The van der Waals surface area contributed by atoms with Gasteiger partial charge in [-0.05, 0) is 56.3 Å². The van der Waals surface area contributed by atoms with Gasteiger partial charge in [-0.25, -0.2) is 9.97 Å². The molecule has 0 radical (unpaired) electrons. The number of benzene rings is 1. The number of nitrogens with one attached hydrogen (secondary N) is 1. The number of piperazine rings is 1. The monoisotopic (exact) mass is 462 g/mol. The maximum Gasteiger partial charge on any atom is 0.251 e. The molecule has 7 nitrogen and oxygen atoms in total. The highest BCUT2D eigenvalue weighted by atomic mass is 32.2. The van der Waals surface area contributed by atoms with E-state index in [1.54, 1.807) is 24.2 Å². The summed E-state index contributed by atoms with van der Waals surface area (Å²) >= 11 is 1.61. The minimum atomic E-state index is -0.0848. The summed E-state index contributed by atoms with van der Waals surface area (Å²) < 4.78 is 0. The lowest BCUT2D eigenvalue weighted by molar-refractivity contribution is 0.0951. The van der Waals surface area contributed by atoms with Crippen molar-refractivity contribution in [1.82, 2.24) is 25.2 Å². The molecule has 1 aromatic carbocycles. The normalized spacial score (nSPS) is 14.3. The zero-order valence-corrected chi connectivity index (χ0v) is 20.2. The predicted molar refractivity (Wildman–Crippen MR) is 133 cm³/mol. The number of aromatic nitrogens is 3. The van der Waals surface area contributed by atoms with Gasteiger partial charge >= 0.3 is 0 Å². The van der Waals surface area contributed by atoms with Crippen LogP contribution in [0.25, 0.3) is 0 Å². The zero-order chi connectivity index (χ0) is 23.2. The number of pyridine rings is 1. The Morgan fingerprint density at radius 3 is 2.55 bits per heavy atom. The molecule has 0 atom stereocenters. The molecule has 3 heterocycles. The number of likely N-dealkylation sites (N-methyl/N-ethyl adjacent to an activating group) is 1. The molecule has 0 aliphatic carbocycles. The number of anilines is 1. The Hall–Kier alpha value is -2.97. The predicted octanol–water partition coefficient (Wildman–Crippen LogP) is 3.46. The molecular weight excluding hydrogens is 432 g/mol. The van der Waals surface area contributed by atoms with Gasteiger partial charge in [-0.1, -0.05) is 23.9 Å². The molecule has 1 aliphatic rings. The summed E-state index contributed by atoms with van der Waals surface area (Å²) in [6, 6.07) is 11.5. The molecule has 172 valence electrons. The summed E-state index contributed by atoms with van der Waals surface area (Å²) in [6.07, 6.45) is 3.45. The van der Waals surface area contributed by atoms with Crippen LogP contribution in [0.15, 0.2) is 53.9 Å². The van der Waals surface area contributed by atoms with Crippen LogP contribution in [-0.2, 0) is 12.3 Å². The second-order valence-electron chi connectivity index (χ2n) is 8.36. The Labute approximate surface area is 199 Å². The number of carbonyl (C=O) groups is 1. The Balaban J connectivity index is 1.40. The molecule has 1 amide bonds. The zero-order valence-electron chi connectivity index (χ0n) is 19.4. The van der Waals surface area contributed by atoms with E-state index in [1.165, 1.54) is 0 Å². The number of hydrogen-bond acceptors (Lipinski definition) is 7. The Kier molecular flexibility index (Phi) is 7.57. The quantitative estimate of drug-likeness (QED) is 0.426. The van der Waals surface area contributed by atoms with E-state index in [1.807, 2.05) is 36.4 Å². The fourth-order valence-electron chi connectivity index (χ4n) is 3.71. The molecular formula is C25H30N6OS. The Morgan fingerprint density at radius 1 is 1.03 bits per heavy atom. The van der Waals surface area contributed by atoms with Gasteiger partial charge in [-0.3, -0.25) is 9.78 Å². The van der Waals surface area contributed by atoms with Crippen LogP contribution in [0.3, 0.4) is 0 Å². The highest BCUT2D eigenvalue weighted by Crippen LogP contribution is 2.27. The summed E-state index contributed by atoms with van der Waals surface area (Å²) in [7, 11) is 2.16. The van der Waals surface area contributed by atoms with Gasteiger partial charge in [-0.2, -0.15) is 0 Å². The molecule has 0 unspecified atom stereocenters. The lowest BCUT2D eigenvalue weighted by atomic mass is 10.1. The summed E-state index contributed by atoms with van der Waals surface area (Å²) in [6.45, 7) is 8.68. The van der Waals surface area contributed by atoms with Gasteiger partial charge in [0.05, 0.1) is 0 Å². The first-order valence-corrected chi connectivity index (χ1v) is 12.2. The van der Waals surface area contributed by atoms with E-state index >= 15 is 0 Å². The maximum absolute atomic E-state index is 12.6. The highest BCUT2D eigenvalue weighted by Gasteiger charge is 2.19.